The van der Waals surface area contributed by atoms with Crippen LogP contribution in [0.3, 0.4) is 0 Å². The van der Waals surface area contributed by atoms with E-state index in [-0.39, 0.29) is 0 Å². The molecule has 0 aromatic carbocycles. The van der Waals surface area contributed by atoms with Gasteiger partial charge < -0.3 is 9.13 Å². The molecule has 222 valence electrons. The second kappa shape index (κ2) is 10.7. The number of aryl methyl sites for hydroxylation is 10. The summed E-state index contributed by atoms with van der Waals surface area (Å²) in [6.45, 7) is 18.7. The SMILES string of the molecule is CCc1c(CC)c2cc3c(CC)c(CC)c4cc5c(CC)c(CC)c(cc6c(CC)c(CC)c(cc1n2C)n6n34)n5C. The van der Waals surface area contributed by atoms with Crippen molar-refractivity contribution in [2.24, 2.45) is 14.1 Å². The number of hydrogen-bond donors (Lipinski definition) is 0. The predicted octanol–water partition coefficient (Wildman–Crippen LogP) is 9.39. The molecule has 0 saturated carbocycles. The topological polar surface area (TPSA) is 18.7 Å². The molecule has 4 heteroatoms. The van der Waals surface area contributed by atoms with E-state index in [1.165, 1.54) is 88.6 Å². The molecular weight excluding hydrogens is 512 g/mol. The number of fused-ring (bicyclic) bond motifs is 4. The predicted molar refractivity (Wildman–Crippen MR) is 183 cm³/mol. The maximum atomic E-state index is 2.62. The fraction of sp³-hybridized carbons (Fsp3) is 0.474. The zero-order chi connectivity index (χ0) is 30.0. The summed E-state index contributed by atoms with van der Waals surface area (Å²) >= 11 is 0. The van der Waals surface area contributed by atoms with Crippen molar-refractivity contribution in [2.75, 3.05) is 0 Å². The molecule has 0 aliphatic carbocycles. The van der Waals surface area contributed by atoms with Crippen LogP contribution in [0.1, 0.15) is 99.9 Å². The van der Waals surface area contributed by atoms with Crippen LogP contribution in [0.15, 0.2) is 24.3 Å². The fourth-order valence-electron chi connectivity index (χ4n) is 8.51. The first-order valence-electron chi connectivity index (χ1n) is 16.7. The molecule has 6 aromatic heterocycles. The standard InChI is InChI=1S/C38H50N4/c1-11-23-24(12-2)32-20-36-29(17-7)30(18-8)38-22-34-26(14-4)25(13-3)33(40(34)10)21-37-28(16-6)27(15-5)35(41(37)42(36)38)19-31(23)39(32)9/h19-22H,11-18H2,1-10H3. The highest BCUT2D eigenvalue weighted by Gasteiger charge is 2.23. The van der Waals surface area contributed by atoms with Crippen LogP contribution < -0.4 is 0 Å². The van der Waals surface area contributed by atoms with Gasteiger partial charge in [-0.3, -0.25) is 0 Å². The first-order chi connectivity index (χ1) is 20.3. The smallest absolute Gasteiger partial charge is 0.0693 e. The van der Waals surface area contributed by atoms with E-state index >= 15 is 0 Å². The molecule has 0 aliphatic rings. The highest BCUT2D eigenvalue weighted by molar-refractivity contribution is 5.89. The summed E-state index contributed by atoms with van der Waals surface area (Å²) in [6, 6.07) is 10.1. The number of aromatic nitrogens is 4. The van der Waals surface area contributed by atoms with Crippen LogP contribution in [0, 0.1) is 0 Å². The van der Waals surface area contributed by atoms with Crippen molar-refractivity contribution in [1.82, 2.24) is 18.2 Å². The summed E-state index contributed by atoms with van der Waals surface area (Å²) in [5.74, 6) is 0. The lowest BCUT2D eigenvalue weighted by Crippen LogP contribution is -1.99. The Morgan fingerprint density at radius 3 is 0.643 bits per heavy atom. The van der Waals surface area contributed by atoms with Crippen LogP contribution >= 0.6 is 0 Å². The molecule has 6 aromatic rings. The molecule has 4 nitrogen and oxygen atoms in total. The average molecular weight is 563 g/mol. The van der Waals surface area contributed by atoms with Gasteiger partial charge in [0.15, 0.2) is 0 Å². The molecule has 0 saturated heterocycles. The third-order valence-electron chi connectivity index (χ3n) is 10.4. The van der Waals surface area contributed by atoms with Crippen molar-refractivity contribution in [1.29, 1.82) is 0 Å². The highest BCUT2D eigenvalue weighted by Crippen LogP contribution is 2.37. The molecule has 4 bridgehead atoms. The second-order valence-electron chi connectivity index (χ2n) is 12.1. The first-order valence-corrected chi connectivity index (χ1v) is 16.7. The minimum absolute atomic E-state index is 1.02. The molecule has 0 radical (unpaired) electrons. The van der Waals surface area contributed by atoms with Crippen molar-refractivity contribution in [3.8, 4) is 0 Å². The normalized spacial score (nSPS) is 12.3. The molecule has 0 aliphatic heterocycles. The van der Waals surface area contributed by atoms with E-state index in [9.17, 15) is 0 Å². The lowest BCUT2D eigenvalue weighted by molar-refractivity contribution is 0.917. The second-order valence-corrected chi connectivity index (χ2v) is 12.1. The summed E-state index contributed by atoms with van der Waals surface area (Å²) in [4.78, 5) is 0. The van der Waals surface area contributed by atoms with Gasteiger partial charge in [0.05, 0.1) is 22.1 Å². The van der Waals surface area contributed by atoms with Gasteiger partial charge in [-0.05, 0) is 120 Å². The molecule has 0 amide bonds. The van der Waals surface area contributed by atoms with E-state index in [2.05, 4.69) is 112 Å². The Kier molecular flexibility index (Phi) is 7.32. The maximum Gasteiger partial charge on any atom is 0.0693 e. The van der Waals surface area contributed by atoms with Crippen LogP contribution in [0.25, 0.3) is 44.1 Å². The van der Waals surface area contributed by atoms with E-state index in [4.69, 9.17) is 0 Å². The molecule has 6 rings (SSSR count). The zero-order valence-electron chi connectivity index (χ0n) is 27.8. The quantitative estimate of drug-likeness (QED) is 0.176. The van der Waals surface area contributed by atoms with Gasteiger partial charge in [0.2, 0.25) is 0 Å². The van der Waals surface area contributed by atoms with Crippen molar-refractivity contribution < 1.29 is 0 Å². The Bertz CT molecular complexity index is 1750. The Balaban J connectivity index is 2.14. The lowest BCUT2D eigenvalue weighted by Gasteiger charge is -2.06. The highest BCUT2D eigenvalue weighted by atomic mass is 15.3. The van der Waals surface area contributed by atoms with E-state index in [1.54, 1.807) is 0 Å². The number of rotatable bonds is 8. The molecule has 0 atom stereocenters. The van der Waals surface area contributed by atoms with Gasteiger partial charge in [0.25, 0.3) is 0 Å². The van der Waals surface area contributed by atoms with E-state index in [0.29, 0.717) is 0 Å². The fourth-order valence-corrected chi connectivity index (χ4v) is 8.51. The van der Waals surface area contributed by atoms with Gasteiger partial charge in [-0.2, -0.15) is 0 Å². The molecule has 42 heavy (non-hydrogen) atoms. The molecule has 6 heterocycles. The van der Waals surface area contributed by atoms with E-state index in [1.807, 2.05) is 0 Å². The Morgan fingerprint density at radius 2 is 0.476 bits per heavy atom. The lowest BCUT2D eigenvalue weighted by atomic mass is 10.0. The number of hydrogen-bond acceptors (Lipinski definition) is 0. The third-order valence-corrected chi connectivity index (χ3v) is 10.4. The summed E-state index contributed by atoms with van der Waals surface area (Å²) < 4.78 is 10.2. The van der Waals surface area contributed by atoms with E-state index in [0.717, 1.165) is 51.4 Å². The Hall–Kier alpha value is -3.40. The first kappa shape index (κ1) is 28.7. The monoisotopic (exact) mass is 562 g/mol. The van der Waals surface area contributed by atoms with Gasteiger partial charge in [-0.25, -0.2) is 9.03 Å². The van der Waals surface area contributed by atoms with Crippen LogP contribution in [-0.4, -0.2) is 18.2 Å². The van der Waals surface area contributed by atoms with Crippen LogP contribution in [0.5, 0.6) is 0 Å². The minimum atomic E-state index is 1.02. The van der Waals surface area contributed by atoms with Crippen LogP contribution in [0.2, 0.25) is 0 Å². The van der Waals surface area contributed by atoms with Crippen LogP contribution in [0.4, 0.5) is 0 Å². The van der Waals surface area contributed by atoms with Crippen molar-refractivity contribution >= 4 is 44.1 Å². The van der Waals surface area contributed by atoms with Gasteiger partial charge in [-0.1, -0.05) is 55.4 Å². The minimum Gasteiger partial charge on any atom is -0.344 e. The largest absolute Gasteiger partial charge is 0.344 e. The summed E-state index contributed by atoms with van der Waals surface area (Å²) in [6.07, 6.45) is 8.25. The summed E-state index contributed by atoms with van der Waals surface area (Å²) in [5.41, 5.74) is 22.8. The molecular formula is C38H50N4. The van der Waals surface area contributed by atoms with E-state index < -0.39 is 0 Å². The van der Waals surface area contributed by atoms with Crippen molar-refractivity contribution in [3.63, 3.8) is 0 Å². The van der Waals surface area contributed by atoms with Gasteiger partial charge in [0.1, 0.15) is 0 Å². The van der Waals surface area contributed by atoms with Gasteiger partial charge in [-0.15, -0.1) is 0 Å². The van der Waals surface area contributed by atoms with Gasteiger partial charge in [0, 0.05) is 36.2 Å². The number of nitrogens with zero attached hydrogens (tertiary/aromatic N) is 4. The Morgan fingerprint density at radius 1 is 0.310 bits per heavy atom. The van der Waals surface area contributed by atoms with Crippen molar-refractivity contribution in [2.45, 2.75) is 107 Å². The van der Waals surface area contributed by atoms with Gasteiger partial charge >= 0.3 is 0 Å². The Labute approximate surface area is 251 Å². The zero-order valence-corrected chi connectivity index (χ0v) is 27.8. The molecule has 0 fully saturated rings. The molecule has 0 unspecified atom stereocenters. The molecule has 0 N–H and O–H groups in total. The summed E-state index contributed by atoms with van der Waals surface area (Å²) in [7, 11) is 4.57. The summed E-state index contributed by atoms with van der Waals surface area (Å²) in [5, 5.41) is 0. The average Bonchev–Trinajstić information content (AvgIpc) is 3.65. The maximum absolute atomic E-state index is 2.62. The van der Waals surface area contributed by atoms with Crippen LogP contribution in [-0.2, 0) is 65.5 Å². The third kappa shape index (κ3) is 3.66. The van der Waals surface area contributed by atoms with Crippen molar-refractivity contribution in [3.05, 3.63) is 68.8 Å². The molecule has 0 spiro atoms.